The van der Waals surface area contributed by atoms with Crippen molar-refractivity contribution in [2.75, 3.05) is 0 Å². The summed E-state index contributed by atoms with van der Waals surface area (Å²) < 4.78 is 22.5. The van der Waals surface area contributed by atoms with Crippen molar-refractivity contribution in [1.29, 1.82) is 0 Å². The second kappa shape index (κ2) is 9.15. The minimum Gasteiger partial charge on any atom is -0.324 e. The molecule has 4 N–H and O–H groups in total. The molecule has 150 valence electrons. The Balaban J connectivity index is 2.10. The highest BCUT2D eigenvalue weighted by atomic mass is 31.2. The average Bonchev–Trinajstić information content (AvgIpc) is 2.57. The molecule has 0 saturated carbocycles. The first-order chi connectivity index (χ1) is 13.0. The van der Waals surface area contributed by atoms with Crippen molar-refractivity contribution in [1.82, 2.24) is 0 Å². The van der Waals surface area contributed by atoms with Crippen LogP contribution in [0.15, 0.2) is 60.2 Å². The van der Waals surface area contributed by atoms with Gasteiger partial charge in [0.2, 0.25) is 0 Å². The van der Waals surface area contributed by atoms with Crippen molar-refractivity contribution in [3.8, 4) is 11.1 Å². The van der Waals surface area contributed by atoms with Crippen molar-refractivity contribution >= 4 is 27.3 Å². The highest BCUT2D eigenvalue weighted by Gasteiger charge is 2.42. The summed E-state index contributed by atoms with van der Waals surface area (Å²) in [4.78, 5) is 36.5. The first kappa shape index (κ1) is 22.5. The summed E-state index contributed by atoms with van der Waals surface area (Å²) >= 11 is 0. The summed E-state index contributed by atoms with van der Waals surface area (Å²) in [5.74, 6) is 0. The molecule has 0 spiro atoms. The fraction of sp³-hybridized carbons (Fsp3) is 0.200. The molecule has 0 radical (unpaired) electrons. The molecule has 0 aliphatic heterocycles. The van der Waals surface area contributed by atoms with E-state index in [1.54, 1.807) is 6.08 Å². The summed E-state index contributed by atoms with van der Waals surface area (Å²) in [6.07, 6.45) is 4.63. The topological polar surface area (TPSA) is 115 Å². The highest BCUT2D eigenvalue weighted by molar-refractivity contribution is 7.70. The van der Waals surface area contributed by atoms with Crippen LogP contribution in [-0.4, -0.2) is 25.0 Å². The molecule has 0 amide bonds. The van der Waals surface area contributed by atoms with Crippen LogP contribution in [0.25, 0.3) is 23.3 Å². The lowest BCUT2D eigenvalue weighted by Gasteiger charge is -2.17. The zero-order chi connectivity index (χ0) is 20.9. The van der Waals surface area contributed by atoms with E-state index in [0.717, 1.165) is 22.3 Å². The van der Waals surface area contributed by atoms with Crippen LogP contribution in [0.1, 0.15) is 31.4 Å². The Morgan fingerprint density at radius 3 is 1.64 bits per heavy atom. The summed E-state index contributed by atoms with van der Waals surface area (Å²) in [6, 6.07) is 15.6. The Bertz CT molecular complexity index is 923. The molecule has 2 aromatic carbocycles. The van der Waals surface area contributed by atoms with Crippen LogP contribution in [0.5, 0.6) is 0 Å². The van der Waals surface area contributed by atoms with Crippen LogP contribution in [0.2, 0.25) is 0 Å². The fourth-order valence-electron chi connectivity index (χ4n) is 2.69. The molecule has 0 unspecified atom stereocenters. The molecule has 0 saturated heterocycles. The molecule has 8 heteroatoms. The van der Waals surface area contributed by atoms with Crippen LogP contribution in [0.4, 0.5) is 0 Å². The van der Waals surface area contributed by atoms with Gasteiger partial charge in [0.05, 0.1) is 0 Å². The van der Waals surface area contributed by atoms with Crippen molar-refractivity contribution in [2.24, 2.45) is 0 Å². The van der Waals surface area contributed by atoms with E-state index in [1.165, 1.54) is 11.6 Å². The van der Waals surface area contributed by atoms with Gasteiger partial charge in [-0.3, -0.25) is 9.13 Å². The van der Waals surface area contributed by atoms with E-state index in [1.807, 2.05) is 62.4 Å². The normalized spacial score (nSPS) is 12.5. The second-order valence-corrected chi connectivity index (χ2v) is 10.8. The van der Waals surface area contributed by atoms with Crippen LogP contribution in [-0.2, 0) is 9.13 Å². The zero-order valence-electron chi connectivity index (χ0n) is 15.6. The van der Waals surface area contributed by atoms with Gasteiger partial charge >= 0.3 is 15.2 Å². The Hall–Kier alpha value is -1.78. The SMILES string of the molecule is CC(C)=Cc1ccc(-c2ccc(/C=C/CC(P(=O)(O)O)P(=O)(O)O)cc2)cc1. The Labute approximate surface area is 164 Å². The van der Waals surface area contributed by atoms with Crippen molar-refractivity contribution < 1.29 is 28.7 Å². The third-order valence-corrected chi connectivity index (χ3v) is 7.82. The predicted molar refractivity (Wildman–Crippen MR) is 113 cm³/mol. The molecule has 0 aromatic heterocycles. The summed E-state index contributed by atoms with van der Waals surface area (Å²) in [5.41, 5.74) is 5.20. The molecule has 2 rings (SSSR count). The average molecular weight is 422 g/mol. The predicted octanol–water partition coefficient (Wildman–Crippen LogP) is 4.86. The van der Waals surface area contributed by atoms with Crippen molar-refractivity contribution in [2.45, 2.75) is 25.7 Å². The number of hydrogen-bond donors (Lipinski definition) is 4. The fourth-order valence-corrected chi connectivity index (χ4v) is 5.05. The second-order valence-electron chi connectivity index (χ2n) is 6.76. The molecular formula is C20H24O6P2. The summed E-state index contributed by atoms with van der Waals surface area (Å²) in [5, 5.41) is -2.02. The number of benzene rings is 2. The summed E-state index contributed by atoms with van der Waals surface area (Å²) in [7, 11) is -9.80. The first-order valence-electron chi connectivity index (χ1n) is 8.59. The lowest BCUT2D eigenvalue weighted by molar-refractivity contribution is 0.339. The van der Waals surface area contributed by atoms with E-state index in [4.69, 9.17) is 19.6 Å². The number of allylic oxidation sites excluding steroid dienone is 2. The van der Waals surface area contributed by atoms with Gasteiger partial charge in [-0.15, -0.1) is 0 Å². The van der Waals surface area contributed by atoms with Crippen molar-refractivity contribution in [3.05, 3.63) is 71.3 Å². The Morgan fingerprint density at radius 1 is 0.821 bits per heavy atom. The third-order valence-electron chi connectivity index (χ3n) is 4.04. The maximum atomic E-state index is 11.3. The summed E-state index contributed by atoms with van der Waals surface area (Å²) in [6.45, 7) is 4.09. The zero-order valence-corrected chi connectivity index (χ0v) is 17.4. The van der Waals surface area contributed by atoms with Gasteiger partial charge < -0.3 is 19.6 Å². The van der Waals surface area contributed by atoms with Gasteiger partial charge in [-0.1, -0.05) is 72.3 Å². The molecular weight excluding hydrogens is 398 g/mol. The quantitative estimate of drug-likeness (QED) is 0.474. The molecule has 2 aromatic rings. The maximum absolute atomic E-state index is 11.3. The van der Waals surface area contributed by atoms with Gasteiger partial charge in [-0.2, -0.15) is 0 Å². The minimum atomic E-state index is -4.90. The van der Waals surface area contributed by atoms with E-state index >= 15 is 0 Å². The monoisotopic (exact) mass is 422 g/mol. The Morgan fingerprint density at radius 2 is 1.25 bits per heavy atom. The molecule has 28 heavy (non-hydrogen) atoms. The van der Waals surface area contributed by atoms with E-state index < -0.39 is 27.0 Å². The lowest BCUT2D eigenvalue weighted by atomic mass is 10.0. The smallest absolute Gasteiger partial charge is 0.324 e. The van der Waals surface area contributed by atoms with Crippen LogP contribution in [0.3, 0.4) is 0 Å². The van der Waals surface area contributed by atoms with Gasteiger partial charge in [0, 0.05) is 0 Å². The van der Waals surface area contributed by atoms with Gasteiger partial charge in [0.15, 0.2) is 5.40 Å². The molecule has 0 heterocycles. The van der Waals surface area contributed by atoms with Crippen molar-refractivity contribution in [3.63, 3.8) is 0 Å². The molecule has 6 nitrogen and oxygen atoms in total. The molecule has 0 aliphatic carbocycles. The van der Waals surface area contributed by atoms with Gasteiger partial charge in [-0.05, 0) is 42.5 Å². The maximum Gasteiger partial charge on any atom is 0.341 e. The van der Waals surface area contributed by atoms with Crippen LogP contribution < -0.4 is 0 Å². The minimum absolute atomic E-state index is 0.415. The van der Waals surface area contributed by atoms with E-state index in [9.17, 15) is 9.13 Å². The lowest BCUT2D eigenvalue weighted by Crippen LogP contribution is -2.07. The van der Waals surface area contributed by atoms with E-state index in [-0.39, 0.29) is 0 Å². The number of hydrogen-bond acceptors (Lipinski definition) is 2. The van der Waals surface area contributed by atoms with Gasteiger partial charge in [0.1, 0.15) is 0 Å². The molecule has 0 fully saturated rings. The highest BCUT2D eigenvalue weighted by Crippen LogP contribution is 2.61. The largest absolute Gasteiger partial charge is 0.341 e. The third kappa shape index (κ3) is 6.68. The van der Waals surface area contributed by atoms with Crippen LogP contribution in [0, 0.1) is 0 Å². The van der Waals surface area contributed by atoms with Gasteiger partial charge in [-0.25, -0.2) is 0 Å². The number of rotatable bonds is 7. The Kier molecular flexibility index (Phi) is 7.35. The van der Waals surface area contributed by atoms with E-state index in [0.29, 0.717) is 0 Å². The molecule has 0 bridgehead atoms. The molecule has 0 atom stereocenters. The van der Waals surface area contributed by atoms with E-state index in [2.05, 4.69) is 6.08 Å². The molecule has 0 aliphatic rings. The standard InChI is InChI=1S/C20H24O6P2/c1-15(2)14-17-8-12-19(13-9-17)18-10-6-16(7-11-18)4-3-5-20(27(21,22)23)28(24,25)26/h3-4,6-14,20H,5H2,1-2H3,(H2,21,22,23)(H2,24,25,26)/b4-3+. The van der Waals surface area contributed by atoms with Crippen LogP contribution >= 0.6 is 15.2 Å². The first-order valence-corrected chi connectivity index (χ1v) is 12.0. The van der Waals surface area contributed by atoms with Gasteiger partial charge in [0.25, 0.3) is 0 Å².